The van der Waals surface area contributed by atoms with Crippen molar-refractivity contribution in [1.29, 1.82) is 0 Å². The van der Waals surface area contributed by atoms with E-state index >= 15 is 0 Å². The highest BCUT2D eigenvalue weighted by molar-refractivity contribution is 6.30. The Labute approximate surface area is 186 Å². The molecule has 2 amide bonds. The van der Waals surface area contributed by atoms with Crippen LogP contribution >= 0.6 is 11.6 Å². The Morgan fingerprint density at radius 2 is 1.87 bits per heavy atom. The van der Waals surface area contributed by atoms with Gasteiger partial charge < -0.3 is 19.7 Å². The van der Waals surface area contributed by atoms with E-state index in [1.807, 2.05) is 6.07 Å². The number of rotatable bonds is 9. The van der Waals surface area contributed by atoms with Crippen LogP contribution in [-0.4, -0.2) is 49.5 Å². The van der Waals surface area contributed by atoms with Crippen molar-refractivity contribution in [2.75, 3.05) is 20.8 Å². The van der Waals surface area contributed by atoms with Gasteiger partial charge in [-0.3, -0.25) is 9.59 Å². The summed E-state index contributed by atoms with van der Waals surface area (Å²) in [5.41, 5.74) is 1.67. The average Bonchev–Trinajstić information content (AvgIpc) is 2.76. The summed E-state index contributed by atoms with van der Waals surface area (Å²) in [6.45, 7) is 1.40. The zero-order chi connectivity index (χ0) is 22.8. The van der Waals surface area contributed by atoms with Gasteiger partial charge in [-0.15, -0.1) is 0 Å². The second-order valence-electron chi connectivity index (χ2n) is 6.82. The lowest BCUT2D eigenvalue weighted by atomic mass is 10.2. The first-order valence-corrected chi connectivity index (χ1v) is 9.94. The third-order valence-electron chi connectivity index (χ3n) is 4.33. The van der Waals surface area contributed by atoms with Crippen LogP contribution in [0, 0.1) is 0 Å². The van der Waals surface area contributed by atoms with Crippen LogP contribution in [0.1, 0.15) is 18.1 Å². The summed E-state index contributed by atoms with van der Waals surface area (Å²) >= 11 is 5.94. The highest BCUT2D eigenvalue weighted by Crippen LogP contribution is 2.13. The number of likely N-dealkylation sites (N-methyl/N-ethyl adjacent to an activating group) is 1. The summed E-state index contributed by atoms with van der Waals surface area (Å²) in [5, 5.41) is 3.09. The van der Waals surface area contributed by atoms with E-state index in [1.54, 1.807) is 62.7 Å². The topological polar surface area (TPSA) is 84.9 Å². The molecule has 0 fully saturated rings. The van der Waals surface area contributed by atoms with Crippen molar-refractivity contribution in [1.82, 2.24) is 10.2 Å². The fourth-order valence-corrected chi connectivity index (χ4v) is 2.79. The molecule has 0 aliphatic carbocycles. The quantitative estimate of drug-likeness (QED) is 0.474. The number of nitrogens with one attached hydrogen (secondary N) is 1. The fraction of sp³-hybridized carbons (Fsp3) is 0.261. The number of nitrogens with zero attached hydrogens (tertiary/aromatic N) is 1. The van der Waals surface area contributed by atoms with Gasteiger partial charge in [0.2, 0.25) is 5.91 Å². The van der Waals surface area contributed by atoms with Crippen molar-refractivity contribution in [2.24, 2.45) is 0 Å². The molecule has 1 atom stereocenters. The number of hydrogen-bond donors (Lipinski definition) is 1. The maximum Gasteiger partial charge on any atom is 0.328 e. The number of benzene rings is 2. The fourth-order valence-electron chi connectivity index (χ4n) is 2.57. The van der Waals surface area contributed by atoms with Crippen LogP contribution in [0.2, 0.25) is 5.02 Å². The second-order valence-corrected chi connectivity index (χ2v) is 7.26. The van der Waals surface area contributed by atoms with E-state index in [1.165, 1.54) is 17.9 Å². The van der Waals surface area contributed by atoms with E-state index in [2.05, 4.69) is 5.32 Å². The average molecular weight is 445 g/mol. The van der Waals surface area contributed by atoms with Crippen LogP contribution in [0.4, 0.5) is 0 Å². The van der Waals surface area contributed by atoms with E-state index in [0.717, 1.165) is 11.1 Å². The monoisotopic (exact) mass is 444 g/mol. The summed E-state index contributed by atoms with van der Waals surface area (Å²) in [5.74, 6) is -0.808. The third kappa shape index (κ3) is 8.14. The lowest BCUT2D eigenvalue weighted by Gasteiger charge is -2.18. The first-order chi connectivity index (χ1) is 14.8. The molecule has 0 bridgehead atoms. The van der Waals surface area contributed by atoms with Crippen LogP contribution in [0.25, 0.3) is 6.08 Å². The molecule has 0 spiro atoms. The lowest BCUT2D eigenvalue weighted by Crippen LogP contribution is -2.40. The number of carbonyl (C=O) groups is 3. The highest BCUT2D eigenvalue weighted by atomic mass is 35.5. The molecule has 0 heterocycles. The minimum atomic E-state index is -0.904. The van der Waals surface area contributed by atoms with E-state index in [9.17, 15) is 14.4 Å². The molecule has 8 heteroatoms. The zero-order valence-electron chi connectivity index (χ0n) is 17.6. The van der Waals surface area contributed by atoms with Crippen LogP contribution in [-0.2, 0) is 25.7 Å². The SMILES string of the molecule is COc1ccc(/C=C/C(=O)N[C@@H](C)C(=O)OCC(=O)N(C)Cc2cccc(Cl)c2)cc1. The summed E-state index contributed by atoms with van der Waals surface area (Å²) in [4.78, 5) is 37.7. The molecule has 0 saturated carbocycles. The predicted octanol–water partition coefficient (Wildman–Crippen LogP) is 3.07. The van der Waals surface area contributed by atoms with E-state index < -0.39 is 24.5 Å². The minimum absolute atomic E-state index is 0.333. The van der Waals surface area contributed by atoms with Crippen LogP contribution < -0.4 is 10.1 Å². The summed E-state index contributed by atoms with van der Waals surface area (Å²) in [6, 6.07) is 13.4. The largest absolute Gasteiger partial charge is 0.497 e. The Bertz CT molecular complexity index is 943. The van der Waals surface area contributed by atoms with Crippen LogP contribution in [0.3, 0.4) is 0 Å². The Kier molecular flexibility index (Phi) is 9.09. The number of carbonyl (C=O) groups excluding carboxylic acids is 3. The Morgan fingerprint density at radius 3 is 2.52 bits per heavy atom. The molecule has 0 aliphatic rings. The molecule has 0 unspecified atom stereocenters. The predicted molar refractivity (Wildman–Crippen MR) is 119 cm³/mol. The summed E-state index contributed by atoms with van der Waals surface area (Å²) in [7, 11) is 3.18. The van der Waals surface area contributed by atoms with Crippen molar-refractivity contribution in [2.45, 2.75) is 19.5 Å². The number of halogens is 1. The first-order valence-electron chi connectivity index (χ1n) is 9.56. The van der Waals surface area contributed by atoms with E-state index in [4.69, 9.17) is 21.1 Å². The first kappa shape index (κ1) is 24.0. The number of amides is 2. The number of esters is 1. The van der Waals surface area contributed by atoms with Gasteiger partial charge in [0.05, 0.1) is 7.11 Å². The van der Waals surface area contributed by atoms with Crippen molar-refractivity contribution in [3.05, 3.63) is 70.8 Å². The second kappa shape index (κ2) is 11.8. The van der Waals surface area contributed by atoms with E-state index in [-0.39, 0.29) is 5.91 Å². The maximum atomic E-state index is 12.2. The molecule has 2 aromatic rings. The minimum Gasteiger partial charge on any atom is -0.497 e. The Morgan fingerprint density at radius 1 is 1.16 bits per heavy atom. The maximum absolute atomic E-state index is 12.2. The molecule has 31 heavy (non-hydrogen) atoms. The van der Waals surface area contributed by atoms with Crippen molar-refractivity contribution in [3.8, 4) is 5.75 Å². The van der Waals surface area contributed by atoms with Gasteiger partial charge in [0, 0.05) is 24.7 Å². The van der Waals surface area contributed by atoms with Crippen LogP contribution in [0.5, 0.6) is 5.75 Å². The molecular weight excluding hydrogens is 420 g/mol. The summed E-state index contributed by atoms with van der Waals surface area (Å²) in [6.07, 6.45) is 2.93. The molecule has 2 aromatic carbocycles. The van der Waals surface area contributed by atoms with Gasteiger partial charge in [0.25, 0.3) is 5.91 Å². The molecule has 7 nitrogen and oxygen atoms in total. The molecular formula is C23H25ClN2O5. The van der Waals surface area contributed by atoms with Crippen molar-refractivity contribution in [3.63, 3.8) is 0 Å². The van der Waals surface area contributed by atoms with Gasteiger partial charge in [-0.25, -0.2) is 4.79 Å². The van der Waals surface area contributed by atoms with E-state index in [0.29, 0.717) is 17.3 Å². The number of ether oxygens (including phenoxy) is 2. The van der Waals surface area contributed by atoms with Crippen molar-refractivity contribution >= 4 is 35.5 Å². The molecule has 0 aromatic heterocycles. The van der Waals surface area contributed by atoms with Crippen LogP contribution in [0.15, 0.2) is 54.6 Å². The summed E-state index contributed by atoms with van der Waals surface area (Å²) < 4.78 is 10.1. The normalized spacial score (nSPS) is 11.6. The molecule has 0 saturated heterocycles. The van der Waals surface area contributed by atoms with Gasteiger partial charge in [0.15, 0.2) is 6.61 Å². The molecule has 0 aliphatic heterocycles. The van der Waals surface area contributed by atoms with Gasteiger partial charge in [0.1, 0.15) is 11.8 Å². The third-order valence-corrected chi connectivity index (χ3v) is 4.56. The smallest absolute Gasteiger partial charge is 0.328 e. The van der Waals surface area contributed by atoms with Gasteiger partial charge >= 0.3 is 5.97 Å². The molecule has 164 valence electrons. The standard InChI is InChI=1S/C23H25ClN2O5/c1-16(25-21(27)12-9-17-7-10-20(30-3)11-8-17)23(29)31-15-22(28)26(2)14-18-5-4-6-19(24)13-18/h4-13,16H,14-15H2,1-3H3,(H,25,27)/b12-9+/t16-/m0/s1. The Hall–Kier alpha value is -3.32. The number of methoxy groups -OCH3 is 1. The van der Waals surface area contributed by atoms with Gasteiger partial charge in [-0.05, 0) is 48.4 Å². The van der Waals surface area contributed by atoms with Gasteiger partial charge in [-0.1, -0.05) is 35.9 Å². The van der Waals surface area contributed by atoms with Gasteiger partial charge in [-0.2, -0.15) is 0 Å². The molecule has 1 N–H and O–H groups in total. The zero-order valence-corrected chi connectivity index (χ0v) is 18.4. The molecule has 0 radical (unpaired) electrons. The number of hydrogen-bond acceptors (Lipinski definition) is 5. The lowest BCUT2D eigenvalue weighted by molar-refractivity contribution is -0.153. The highest BCUT2D eigenvalue weighted by Gasteiger charge is 2.18. The molecule has 2 rings (SSSR count). The van der Waals surface area contributed by atoms with Crippen molar-refractivity contribution < 1.29 is 23.9 Å². The Balaban J connectivity index is 1.76.